The third-order valence-electron chi connectivity index (χ3n) is 7.62. The molecule has 2 heterocycles. The Labute approximate surface area is 177 Å². The van der Waals surface area contributed by atoms with Crippen LogP contribution in [-0.2, 0) is 9.16 Å². The summed E-state index contributed by atoms with van der Waals surface area (Å²) in [6.07, 6.45) is 6.08. The molecule has 2 aliphatic heterocycles. The van der Waals surface area contributed by atoms with Crippen LogP contribution in [0.15, 0.2) is 60.7 Å². The lowest BCUT2D eigenvalue weighted by atomic mass is 9.65. The molecule has 2 nitrogen and oxygen atoms in total. The number of fused-ring (bicyclic) bond motifs is 3. The van der Waals surface area contributed by atoms with Gasteiger partial charge in [-0.1, -0.05) is 88.4 Å². The number of ether oxygens (including phenoxy) is 1. The summed E-state index contributed by atoms with van der Waals surface area (Å²) in [6, 6.07) is 21.9. The Morgan fingerprint density at radius 2 is 1.38 bits per heavy atom. The van der Waals surface area contributed by atoms with E-state index in [0.717, 1.165) is 19.4 Å². The highest BCUT2D eigenvalue weighted by molar-refractivity contribution is 6.99. The van der Waals surface area contributed by atoms with Crippen molar-refractivity contribution in [1.29, 1.82) is 0 Å². The van der Waals surface area contributed by atoms with Gasteiger partial charge in [0.1, 0.15) is 0 Å². The predicted molar refractivity (Wildman–Crippen MR) is 123 cm³/mol. The van der Waals surface area contributed by atoms with Gasteiger partial charge < -0.3 is 9.16 Å². The van der Waals surface area contributed by atoms with Gasteiger partial charge in [0.2, 0.25) is 0 Å². The summed E-state index contributed by atoms with van der Waals surface area (Å²) in [4.78, 5) is 0. The molecule has 3 heteroatoms. The minimum atomic E-state index is -2.49. The second kappa shape index (κ2) is 7.68. The Hall–Kier alpha value is -1.42. The van der Waals surface area contributed by atoms with Crippen LogP contribution in [0.2, 0.25) is 5.04 Å². The number of hydrogen-bond acceptors (Lipinski definition) is 2. The minimum Gasteiger partial charge on any atom is -0.404 e. The molecule has 3 fully saturated rings. The molecule has 156 valence electrons. The van der Waals surface area contributed by atoms with Gasteiger partial charge in [-0.15, -0.1) is 0 Å². The van der Waals surface area contributed by atoms with E-state index in [1.54, 1.807) is 0 Å². The second-order valence-electron chi connectivity index (χ2n) is 10.3. The van der Waals surface area contributed by atoms with Crippen molar-refractivity contribution in [1.82, 2.24) is 0 Å². The molecule has 0 spiro atoms. The van der Waals surface area contributed by atoms with Gasteiger partial charge in [-0.05, 0) is 52.9 Å². The molecule has 0 aromatic heterocycles. The van der Waals surface area contributed by atoms with Crippen LogP contribution < -0.4 is 10.4 Å². The van der Waals surface area contributed by atoms with Crippen molar-refractivity contribution in [2.75, 3.05) is 13.2 Å². The molecule has 2 aromatic carbocycles. The third-order valence-corrected chi connectivity index (χ3v) is 12.6. The first kappa shape index (κ1) is 20.8. The van der Waals surface area contributed by atoms with E-state index in [9.17, 15) is 0 Å². The van der Waals surface area contributed by atoms with Crippen LogP contribution in [0.5, 0.6) is 0 Å². The molecule has 29 heavy (non-hydrogen) atoms. The standard InChI is InChI=1S/C26H36O2Si/c1-5-25-16-18-26(19-17-25,27-20-25)21-28-29(24(2,3)4,22-12-8-6-9-13-22)23-14-10-7-11-15-23/h6-15H,5,16-21H2,1-4H3. The fraction of sp³-hybridized carbons (Fsp3) is 0.538. The first-order chi connectivity index (χ1) is 13.8. The maximum absolute atomic E-state index is 7.21. The first-order valence-electron chi connectivity index (χ1n) is 11.2. The molecule has 0 amide bonds. The van der Waals surface area contributed by atoms with Gasteiger partial charge in [0.25, 0.3) is 8.32 Å². The summed E-state index contributed by atoms with van der Waals surface area (Å²) in [5.41, 5.74) is 0.336. The van der Waals surface area contributed by atoms with E-state index < -0.39 is 8.32 Å². The van der Waals surface area contributed by atoms with Crippen LogP contribution in [-0.4, -0.2) is 27.1 Å². The van der Waals surface area contributed by atoms with Crippen LogP contribution in [0.25, 0.3) is 0 Å². The second-order valence-corrected chi connectivity index (χ2v) is 14.6. The van der Waals surface area contributed by atoms with E-state index in [-0.39, 0.29) is 10.6 Å². The summed E-state index contributed by atoms with van der Waals surface area (Å²) in [5, 5.41) is 2.72. The van der Waals surface area contributed by atoms with Gasteiger partial charge in [-0.2, -0.15) is 0 Å². The normalized spacial score (nSPS) is 27.2. The number of hydrogen-bond donors (Lipinski definition) is 0. The Morgan fingerprint density at radius 1 is 0.862 bits per heavy atom. The van der Waals surface area contributed by atoms with E-state index >= 15 is 0 Å². The largest absolute Gasteiger partial charge is 0.404 e. The van der Waals surface area contributed by atoms with Crippen LogP contribution in [0, 0.1) is 5.41 Å². The van der Waals surface area contributed by atoms with Crippen molar-refractivity contribution >= 4 is 18.7 Å². The maximum atomic E-state index is 7.21. The maximum Gasteiger partial charge on any atom is 0.261 e. The van der Waals surface area contributed by atoms with Gasteiger partial charge in [-0.25, -0.2) is 0 Å². The Kier molecular flexibility index (Phi) is 5.52. The van der Waals surface area contributed by atoms with Crippen molar-refractivity contribution in [2.24, 2.45) is 5.41 Å². The first-order valence-corrected chi connectivity index (χ1v) is 13.1. The minimum absolute atomic E-state index is 0.0167. The summed E-state index contributed by atoms with van der Waals surface area (Å²) in [7, 11) is -2.49. The van der Waals surface area contributed by atoms with Gasteiger partial charge in [-0.3, -0.25) is 0 Å². The molecule has 0 atom stereocenters. The number of benzene rings is 2. The van der Waals surface area contributed by atoms with Gasteiger partial charge in [0, 0.05) is 0 Å². The molecule has 2 bridgehead atoms. The molecule has 0 unspecified atom stereocenters. The van der Waals surface area contributed by atoms with Crippen molar-refractivity contribution in [3.05, 3.63) is 60.7 Å². The zero-order chi connectivity index (χ0) is 20.6. The SMILES string of the molecule is CCC12CCC(CO[Si](c3ccccc3)(c3ccccc3)C(C)(C)C)(CC1)OC2. The lowest BCUT2D eigenvalue weighted by molar-refractivity contribution is -0.197. The summed E-state index contributed by atoms with van der Waals surface area (Å²) in [5.74, 6) is 0. The highest BCUT2D eigenvalue weighted by atomic mass is 28.4. The molecular weight excluding hydrogens is 372 g/mol. The molecular formula is C26H36O2Si. The zero-order valence-corrected chi connectivity index (χ0v) is 19.5. The monoisotopic (exact) mass is 408 g/mol. The highest BCUT2D eigenvalue weighted by Crippen LogP contribution is 2.51. The highest BCUT2D eigenvalue weighted by Gasteiger charge is 2.54. The molecule has 1 saturated carbocycles. The van der Waals surface area contributed by atoms with Crippen LogP contribution in [0.3, 0.4) is 0 Å². The van der Waals surface area contributed by atoms with Gasteiger partial charge in [0.15, 0.2) is 0 Å². The van der Waals surface area contributed by atoms with Crippen molar-refractivity contribution < 1.29 is 9.16 Å². The van der Waals surface area contributed by atoms with E-state index in [2.05, 4.69) is 88.4 Å². The fourth-order valence-corrected chi connectivity index (χ4v) is 10.1. The topological polar surface area (TPSA) is 18.5 Å². The van der Waals surface area contributed by atoms with Gasteiger partial charge >= 0.3 is 0 Å². The van der Waals surface area contributed by atoms with Crippen molar-refractivity contribution in [2.45, 2.75) is 70.4 Å². The fourth-order valence-electron chi connectivity index (χ4n) is 5.47. The van der Waals surface area contributed by atoms with Crippen molar-refractivity contribution in [3.63, 3.8) is 0 Å². The van der Waals surface area contributed by atoms with Crippen LogP contribution in [0.1, 0.15) is 59.8 Å². The molecule has 2 aromatic rings. The Balaban J connectivity index is 1.70. The van der Waals surface area contributed by atoms with E-state index in [1.807, 2.05) is 0 Å². The molecule has 0 N–H and O–H groups in total. The molecule has 3 aliphatic rings. The molecule has 2 saturated heterocycles. The predicted octanol–water partition coefficient (Wildman–Crippen LogP) is 5.30. The zero-order valence-electron chi connectivity index (χ0n) is 18.5. The quantitative estimate of drug-likeness (QED) is 0.604. The van der Waals surface area contributed by atoms with Crippen LogP contribution >= 0.6 is 0 Å². The lowest BCUT2D eigenvalue weighted by Gasteiger charge is -2.54. The summed E-state index contributed by atoms with van der Waals surface area (Å²) < 4.78 is 13.7. The van der Waals surface area contributed by atoms with Crippen molar-refractivity contribution in [3.8, 4) is 0 Å². The average Bonchev–Trinajstić information content (AvgIpc) is 2.76. The van der Waals surface area contributed by atoms with E-state index in [4.69, 9.17) is 9.16 Å². The summed E-state index contributed by atoms with van der Waals surface area (Å²) >= 11 is 0. The smallest absolute Gasteiger partial charge is 0.261 e. The lowest BCUT2D eigenvalue weighted by Crippen LogP contribution is -2.68. The van der Waals surface area contributed by atoms with Crippen LogP contribution in [0.4, 0.5) is 0 Å². The average molecular weight is 409 g/mol. The van der Waals surface area contributed by atoms with E-state index in [1.165, 1.54) is 29.6 Å². The van der Waals surface area contributed by atoms with E-state index in [0.29, 0.717) is 12.0 Å². The molecule has 0 radical (unpaired) electrons. The third kappa shape index (κ3) is 3.62. The summed E-state index contributed by atoms with van der Waals surface area (Å²) in [6.45, 7) is 11.0. The molecule has 1 aliphatic carbocycles. The molecule has 5 rings (SSSR count). The Morgan fingerprint density at radius 3 is 1.76 bits per heavy atom. The Bertz CT molecular complexity index is 746. The number of rotatable bonds is 6. The van der Waals surface area contributed by atoms with Gasteiger partial charge in [0.05, 0.1) is 18.8 Å².